The van der Waals surface area contributed by atoms with Gasteiger partial charge in [0.15, 0.2) is 0 Å². The minimum absolute atomic E-state index is 0.0937. The molecule has 1 heterocycles. The quantitative estimate of drug-likeness (QED) is 0.686. The van der Waals surface area contributed by atoms with Gasteiger partial charge >= 0.3 is 0 Å². The second-order valence-electron chi connectivity index (χ2n) is 5.76. The Morgan fingerprint density at radius 2 is 2.13 bits per heavy atom. The van der Waals surface area contributed by atoms with Gasteiger partial charge in [0.05, 0.1) is 16.0 Å². The molecule has 0 aliphatic heterocycles. The van der Waals surface area contributed by atoms with Crippen LogP contribution >= 0.6 is 11.6 Å². The molecule has 0 saturated heterocycles. The number of primary sulfonamides is 1. The van der Waals surface area contributed by atoms with E-state index in [9.17, 15) is 13.5 Å². The van der Waals surface area contributed by atoms with Gasteiger partial charge in [0.1, 0.15) is 0 Å². The van der Waals surface area contributed by atoms with Crippen molar-refractivity contribution in [2.24, 2.45) is 10.6 Å². The molecule has 1 aromatic rings. The zero-order valence-corrected chi connectivity index (χ0v) is 14.4. The summed E-state index contributed by atoms with van der Waals surface area (Å²) in [5, 5.41) is 13.7. The van der Waals surface area contributed by atoms with Crippen molar-refractivity contribution in [1.29, 1.82) is 0 Å². The van der Waals surface area contributed by atoms with Crippen molar-refractivity contribution in [2.45, 2.75) is 25.6 Å². The summed E-state index contributed by atoms with van der Waals surface area (Å²) in [6.07, 6.45) is 5.05. The van der Waals surface area contributed by atoms with Crippen LogP contribution < -0.4 is 10.9 Å². The van der Waals surface area contributed by atoms with Crippen molar-refractivity contribution in [1.82, 2.24) is 9.97 Å². The highest BCUT2D eigenvalue weighted by Crippen LogP contribution is 2.44. The average molecular weight is 359 g/mol. The number of nitrogens with zero attached hydrogens (tertiary/aromatic N) is 2. The molecule has 7 nitrogen and oxygen atoms in total. The molecular formula is C14H19ClN4O3S. The molecule has 0 fully saturated rings. The molecule has 0 radical (unpaired) electrons. The Labute approximate surface area is 140 Å². The SMILES string of the molecule is Cc1nc(N)ncc1C1=CC(C)(CCO)C(Cl)C(S(N)(=O)=O)=C1. The lowest BCUT2D eigenvalue weighted by atomic mass is 9.77. The van der Waals surface area contributed by atoms with Gasteiger partial charge < -0.3 is 10.8 Å². The van der Waals surface area contributed by atoms with E-state index in [0.717, 1.165) is 0 Å². The first-order valence-corrected chi connectivity index (χ1v) is 8.88. The summed E-state index contributed by atoms with van der Waals surface area (Å²) in [6.45, 7) is 3.38. The van der Waals surface area contributed by atoms with E-state index in [1.54, 1.807) is 13.8 Å². The van der Waals surface area contributed by atoms with Gasteiger partial charge in [-0.1, -0.05) is 13.0 Å². The fourth-order valence-electron chi connectivity index (χ4n) is 2.61. The lowest BCUT2D eigenvalue weighted by Gasteiger charge is -2.35. The van der Waals surface area contributed by atoms with Crippen LogP contribution in [0.4, 0.5) is 5.95 Å². The number of aliphatic hydroxyl groups is 1. The molecule has 0 bridgehead atoms. The maximum absolute atomic E-state index is 11.9. The van der Waals surface area contributed by atoms with Crippen LogP contribution in [0.3, 0.4) is 0 Å². The Kier molecular flexibility index (Phi) is 4.81. The summed E-state index contributed by atoms with van der Waals surface area (Å²) in [4.78, 5) is 7.94. The lowest BCUT2D eigenvalue weighted by Crippen LogP contribution is -2.36. The minimum Gasteiger partial charge on any atom is -0.396 e. The number of allylic oxidation sites excluding steroid dienone is 4. The molecule has 9 heteroatoms. The fourth-order valence-corrected chi connectivity index (χ4v) is 4.07. The van der Waals surface area contributed by atoms with E-state index in [1.165, 1.54) is 12.3 Å². The monoisotopic (exact) mass is 358 g/mol. The Morgan fingerprint density at radius 3 is 2.65 bits per heavy atom. The van der Waals surface area contributed by atoms with Gasteiger partial charge in [0.2, 0.25) is 16.0 Å². The number of nitrogens with two attached hydrogens (primary N) is 2. The molecule has 23 heavy (non-hydrogen) atoms. The molecule has 2 unspecified atom stereocenters. The maximum Gasteiger partial charge on any atom is 0.235 e. The predicted molar refractivity (Wildman–Crippen MR) is 89.8 cm³/mol. The summed E-state index contributed by atoms with van der Waals surface area (Å²) in [7, 11) is -3.99. The predicted octanol–water partition coefficient (Wildman–Crippen LogP) is 0.933. The van der Waals surface area contributed by atoms with Crippen LogP contribution in [0.1, 0.15) is 24.6 Å². The van der Waals surface area contributed by atoms with Crippen LogP contribution in [-0.2, 0) is 10.0 Å². The van der Waals surface area contributed by atoms with Gasteiger partial charge in [-0.05, 0) is 25.0 Å². The standard InChI is InChI=1S/C14H19ClN4O3S/c1-8-10(7-18-13(16)19-8)9-5-11(23(17,21)22)12(15)14(2,6-9)3-4-20/h5-7,12,20H,3-4H2,1-2H3,(H2,16,18,19)(H2,17,21,22). The number of aryl methyl sites for hydroxylation is 1. The van der Waals surface area contributed by atoms with E-state index in [4.69, 9.17) is 22.5 Å². The molecule has 2 rings (SSSR count). The molecule has 5 N–H and O–H groups in total. The van der Waals surface area contributed by atoms with E-state index in [0.29, 0.717) is 16.8 Å². The van der Waals surface area contributed by atoms with E-state index >= 15 is 0 Å². The number of aromatic nitrogens is 2. The number of hydrogen-bond acceptors (Lipinski definition) is 6. The summed E-state index contributed by atoms with van der Waals surface area (Å²) < 4.78 is 23.8. The number of hydrogen-bond donors (Lipinski definition) is 3. The number of halogens is 1. The molecule has 2 atom stereocenters. The first-order chi connectivity index (χ1) is 10.6. The number of sulfonamides is 1. The van der Waals surface area contributed by atoms with Gasteiger partial charge in [-0.3, -0.25) is 0 Å². The molecule has 1 aliphatic carbocycles. The third-order valence-electron chi connectivity index (χ3n) is 3.90. The molecule has 0 saturated carbocycles. The van der Waals surface area contributed by atoms with Gasteiger partial charge in [-0.25, -0.2) is 23.5 Å². The van der Waals surface area contributed by atoms with Crippen LogP contribution in [-0.4, -0.2) is 35.5 Å². The third-order valence-corrected chi connectivity index (χ3v) is 5.77. The highest BCUT2D eigenvalue weighted by molar-refractivity contribution is 7.93. The maximum atomic E-state index is 11.9. The molecule has 0 spiro atoms. The number of nitrogen functional groups attached to an aromatic ring is 1. The second kappa shape index (κ2) is 6.20. The van der Waals surface area contributed by atoms with E-state index in [2.05, 4.69) is 9.97 Å². The van der Waals surface area contributed by atoms with E-state index in [1.807, 2.05) is 6.08 Å². The molecule has 0 aromatic carbocycles. The normalized spacial score (nSPS) is 25.0. The van der Waals surface area contributed by atoms with Gasteiger partial charge in [-0.15, -0.1) is 11.6 Å². The highest BCUT2D eigenvalue weighted by Gasteiger charge is 2.40. The summed E-state index contributed by atoms with van der Waals surface area (Å²) in [6, 6.07) is 0. The summed E-state index contributed by atoms with van der Waals surface area (Å²) >= 11 is 6.34. The van der Waals surface area contributed by atoms with Crippen molar-refractivity contribution in [3.63, 3.8) is 0 Å². The number of aliphatic hydroxyl groups excluding tert-OH is 1. The van der Waals surface area contributed by atoms with Crippen molar-refractivity contribution >= 4 is 33.1 Å². The minimum atomic E-state index is -3.99. The fraction of sp³-hybridized carbons (Fsp3) is 0.429. The first-order valence-electron chi connectivity index (χ1n) is 6.90. The first kappa shape index (κ1) is 17.9. The summed E-state index contributed by atoms with van der Waals surface area (Å²) in [5.41, 5.74) is 6.59. The van der Waals surface area contributed by atoms with Crippen LogP contribution in [0, 0.1) is 12.3 Å². The van der Waals surface area contributed by atoms with Crippen LogP contribution in [0.25, 0.3) is 5.57 Å². The Balaban J connectivity index is 2.66. The van der Waals surface area contributed by atoms with Crippen LogP contribution in [0.5, 0.6) is 0 Å². The van der Waals surface area contributed by atoms with Gasteiger partial charge in [-0.2, -0.15) is 0 Å². The molecular weight excluding hydrogens is 340 g/mol. The van der Waals surface area contributed by atoms with Gasteiger partial charge in [0, 0.05) is 23.8 Å². The van der Waals surface area contributed by atoms with E-state index < -0.39 is 20.8 Å². The van der Waals surface area contributed by atoms with Crippen molar-refractivity contribution in [2.75, 3.05) is 12.3 Å². The van der Waals surface area contributed by atoms with Crippen molar-refractivity contribution in [3.8, 4) is 0 Å². The van der Waals surface area contributed by atoms with Gasteiger partial charge in [0.25, 0.3) is 0 Å². The largest absolute Gasteiger partial charge is 0.396 e. The Bertz CT molecular complexity index is 791. The van der Waals surface area contributed by atoms with Crippen LogP contribution in [0.15, 0.2) is 23.3 Å². The molecule has 126 valence electrons. The van der Waals surface area contributed by atoms with Crippen LogP contribution in [0.2, 0.25) is 0 Å². The van der Waals surface area contributed by atoms with Crippen molar-refractivity contribution in [3.05, 3.63) is 34.5 Å². The number of anilines is 1. The zero-order valence-electron chi connectivity index (χ0n) is 12.8. The lowest BCUT2D eigenvalue weighted by molar-refractivity contribution is 0.232. The molecule has 1 aliphatic rings. The number of alkyl halides is 1. The second-order valence-corrected chi connectivity index (χ2v) is 7.76. The smallest absolute Gasteiger partial charge is 0.235 e. The Hall–Kier alpha value is -1.48. The summed E-state index contributed by atoms with van der Waals surface area (Å²) in [5.74, 6) is 0.131. The highest BCUT2D eigenvalue weighted by atomic mass is 35.5. The number of rotatable bonds is 4. The molecule has 1 aromatic heterocycles. The third kappa shape index (κ3) is 3.55. The topological polar surface area (TPSA) is 132 Å². The van der Waals surface area contributed by atoms with E-state index in [-0.39, 0.29) is 23.9 Å². The Morgan fingerprint density at radius 1 is 1.48 bits per heavy atom. The molecule has 0 amide bonds. The van der Waals surface area contributed by atoms with Crippen molar-refractivity contribution < 1.29 is 13.5 Å². The average Bonchev–Trinajstić information content (AvgIpc) is 2.41. The zero-order chi connectivity index (χ0) is 17.4.